The molecule has 1 unspecified atom stereocenters. The van der Waals surface area contributed by atoms with E-state index in [2.05, 4.69) is 60.8 Å². The number of benzene rings is 4. The first-order chi connectivity index (χ1) is 26.2. The number of hydrogen-bond donors (Lipinski definition) is 4. The topological polar surface area (TPSA) is 133 Å². The van der Waals surface area contributed by atoms with Gasteiger partial charge in [-0.3, -0.25) is 14.2 Å². The lowest BCUT2D eigenvalue weighted by Gasteiger charge is -2.26. The van der Waals surface area contributed by atoms with E-state index in [1.165, 1.54) is 11.1 Å². The lowest BCUT2D eigenvalue weighted by molar-refractivity contribution is -0.121. The number of carbonyl (C=O) groups is 1. The Balaban J connectivity index is 0.000000211. The van der Waals surface area contributed by atoms with Crippen molar-refractivity contribution in [3.63, 3.8) is 0 Å². The van der Waals surface area contributed by atoms with Gasteiger partial charge < -0.3 is 10.6 Å². The lowest BCUT2D eigenvalue weighted by Crippen LogP contribution is -2.38. The molecule has 2 atom stereocenters. The molecule has 0 saturated carbocycles. The van der Waals surface area contributed by atoms with Crippen LogP contribution in [0.1, 0.15) is 112 Å². The Kier molecular flexibility index (Phi) is 14.2. The second-order valence-corrected chi connectivity index (χ2v) is 18.7. The summed E-state index contributed by atoms with van der Waals surface area (Å²) in [5.74, 6) is 0.809. The molecule has 4 aromatic rings. The van der Waals surface area contributed by atoms with Gasteiger partial charge in [-0.2, -0.15) is 0 Å². The Labute approximate surface area is 329 Å². The van der Waals surface area contributed by atoms with Crippen molar-refractivity contribution in [1.29, 1.82) is 0 Å². The van der Waals surface area contributed by atoms with Gasteiger partial charge in [0.2, 0.25) is 5.91 Å². The highest BCUT2D eigenvalue weighted by molar-refractivity contribution is 7.93. The third kappa shape index (κ3) is 11.4. The van der Waals surface area contributed by atoms with E-state index >= 15 is 0 Å². The number of amides is 1. The highest BCUT2D eigenvalue weighted by Crippen LogP contribution is 2.28. The summed E-state index contributed by atoms with van der Waals surface area (Å²) in [7, 11) is -7.19. The van der Waals surface area contributed by atoms with Crippen LogP contribution in [0.15, 0.2) is 94.7 Å². The molecule has 2 aliphatic rings. The summed E-state index contributed by atoms with van der Waals surface area (Å²) >= 11 is 0. The van der Waals surface area contributed by atoms with Gasteiger partial charge in [-0.15, -0.1) is 0 Å². The molecule has 4 N–H and O–H groups in total. The van der Waals surface area contributed by atoms with Crippen LogP contribution >= 0.6 is 0 Å². The molecular weight excluding hydrogens is 729 g/mol. The fraction of sp³-hybridized carbons (Fsp3) is 0.432. The predicted octanol–water partition coefficient (Wildman–Crippen LogP) is 8.46. The summed E-state index contributed by atoms with van der Waals surface area (Å²) in [6.45, 7) is 13.4. The highest BCUT2D eigenvalue weighted by Gasteiger charge is 2.23. The molecule has 0 radical (unpaired) electrons. The van der Waals surface area contributed by atoms with E-state index in [1.54, 1.807) is 30.3 Å². The van der Waals surface area contributed by atoms with Crippen molar-refractivity contribution in [2.24, 2.45) is 0 Å². The van der Waals surface area contributed by atoms with Crippen LogP contribution in [0.4, 0.5) is 11.4 Å². The number of rotatable bonds is 13. The van der Waals surface area contributed by atoms with Gasteiger partial charge in [0.25, 0.3) is 20.0 Å². The molecule has 0 saturated heterocycles. The number of anilines is 2. The van der Waals surface area contributed by atoms with Gasteiger partial charge in [-0.25, -0.2) is 16.8 Å². The molecule has 0 bridgehead atoms. The minimum atomic E-state index is -3.62. The molecule has 4 aromatic carbocycles. The Hall–Kier alpha value is -4.19. The molecule has 0 spiro atoms. The minimum absolute atomic E-state index is 0.0707. The van der Waals surface area contributed by atoms with E-state index in [4.69, 9.17) is 0 Å². The summed E-state index contributed by atoms with van der Waals surface area (Å²) in [6.07, 6.45) is 7.19. The van der Waals surface area contributed by atoms with Crippen LogP contribution in [0.25, 0.3) is 0 Å². The van der Waals surface area contributed by atoms with Crippen LogP contribution in [0.2, 0.25) is 0 Å². The van der Waals surface area contributed by atoms with Crippen molar-refractivity contribution in [3.8, 4) is 0 Å². The lowest BCUT2D eigenvalue weighted by atomic mass is 9.88. The molecule has 1 amide bonds. The Bertz CT molecular complexity index is 2130. The Morgan fingerprint density at radius 3 is 1.47 bits per heavy atom. The average Bonchev–Trinajstić information content (AvgIpc) is 3.17. The second kappa shape index (κ2) is 18.6. The zero-order valence-corrected chi connectivity index (χ0v) is 34.7. The van der Waals surface area contributed by atoms with E-state index in [-0.39, 0.29) is 16.8 Å². The van der Waals surface area contributed by atoms with Crippen LogP contribution in [-0.2, 0) is 50.5 Å². The van der Waals surface area contributed by atoms with Crippen molar-refractivity contribution in [2.45, 2.75) is 127 Å². The first-order valence-electron chi connectivity index (χ1n) is 19.7. The third-order valence-corrected chi connectivity index (χ3v) is 13.3. The Morgan fingerprint density at radius 1 is 0.618 bits per heavy atom. The third-order valence-electron chi connectivity index (χ3n) is 10.5. The van der Waals surface area contributed by atoms with Crippen LogP contribution < -0.4 is 20.1 Å². The maximum absolute atomic E-state index is 12.7. The van der Waals surface area contributed by atoms with Gasteiger partial charge in [0.1, 0.15) is 0 Å². The largest absolute Gasteiger partial charge is 0.353 e. The number of carbonyl (C=O) groups excluding carboxylic acids is 1. The molecule has 0 aliphatic heterocycles. The number of fused-ring (bicyclic) bond motifs is 2. The van der Waals surface area contributed by atoms with Gasteiger partial charge >= 0.3 is 0 Å². The SMILES string of the molecule is CCC(=O)NC1CCc2cc(NS(=O)(=O)c3ccc(C(C)C)cc3)ccc2C1.CCCN[C@@H]1CCc2cc(NS(=O)(=O)c3ccc(C(C)C)cc3)ccc2C1. The van der Waals surface area contributed by atoms with Crippen molar-refractivity contribution in [1.82, 2.24) is 10.6 Å². The molecule has 6 rings (SSSR count). The van der Waals surface area contributed by atoms with Gasteiger partial charge in [0, 0.05) is 29.9 Å². The molecule has 11 heteroatoms. The van der Waals surface area contributed by atoms with Gasteiger partial charge in [0.05, 0.1) is 9.79 Å². The monoisotopic (exact) mass is 786 g/mol. The first-order valence-corrected chi connectivity index (χ1v) is 22.7. The molecule has 9 nitrogen and oxygen atoms in total. The maximum atomic E-state index is 12.7. The fourth-order valence-corrected chi connectivity index (χ4v) is 9.20. The highest BCUT2D eigenvalue weighted by atomic mass is 32.2. The first kappa shape index (κ1) is 42.0. The summed E-state index contributed by atoms with van der Waals surface area (Å²) in [5, 5.41) is 6.63. The normalized spacial score (nSPS) is 16.7. The van der Waals surface area contributed by atoms with Gasteiger partial charge in [-0.1, -0.05) is 77.9 Å². The molecule has 2 aliphatic carbocycles. The molecule has 55 heavy (non-hydrogen) atoms. The van der Waals surface area contributed by atoms with Crippen LogP contribution in [0, 0.1) is 0 Å². The zero-order valence-electron chi connectivity index (χ0n) is 33.1. The van der Waals surface area contributed by atoms with Gasteiger partial charge in [-0.05, 0) is 145 Å². The number of sulfonamides is 2. The molecule has 0 fully saturated rings. The molecule has 0 heterocycles. The minimum Gasteiger partial charge on any atom is -0.353 e. The summed E-state index contributed by atoms with van der Waals surface area (Å²) in [5.41, 5.74) is 8.32. The van der Waals surface area contributed by atoms with E-state index < -0.39 is 20.0 Å². The summed E-state index contributed by atoms with van der Waals surface area (Å²) in [6, 6.07) is 26.4. The van der Waals surface area contributed by atoms with Crippen molar-refractivity contribution in [3.05, 3.63) is 118 Å². The van der Waals surface area contributed by atoms with Gasteiger partial charge in [0.15, 0.2) is 0 Å². The molecule has 296 valence electrons. The van der Waals surface area contributed by atoms with E-state index in [9.17, 15) is 21.6 Å². The maximum Gasteiger partial charge on any atom is 0.261 e. The van der Waals surface area contributed by atoms with E-state index in [1.807, 2.05) is 55.5 Å². The van der Waals surface area contributed by atoms with E-state index in [0.717, 1.165) is 73.7 Å². The Morgan fingerprint density at radius 2 is 1.05 bits per heavy atom. The summed E-state index contributed by atoms with van der Waals surface area (Å²) in [4.78, 5) is 12.2. The van der Waals surface area contributed by atoms with Crippen molar-refractivity contribution >= 4 is 37.3 Å². The predicted molar refractivity (Wildman–Crippen MR) is 224 cm³/mol. The molecule has 0 aromatic heterocycles. The second-order valence-electron chi connectivity index (χ2n) is 15.4. The average molecular weight is 787 g/mol. The smallest absolute Gasteiger partial charge is 0.261 e. The quantitative estimate of drug-likeness (QED) is 0.108. The van der Waals surface area contributed by atoms with E-state index in [0.29, 0.717) is 40.6 Å². The van der Waals surface area contributed by atoms with Crippen LogP contribution in [-0.4, -0.2) is 41.4 Å². The van der Waals surface area contributed by atoms with Crippen LogP contribution in [0.5, 0.6) is 0 Å². The fourth-order valence-electron chi connectivity index (χ4n) is 7.10. The number of nitrogens with one attached hydrogen (secondary N) is 4. The standard InChI is InChI=1S/C22H28N2O3S.C22H30N2O2S/c1-4-22(25)23-19-9-5-18-14-20(10-6-17(18)13-19)24-28(26,27)21-11-7-16(8-12-21)15(2)3;1-4-13-23-20-9-5-19-15-21(10-6-18(19)14-20)24-27(25,26)22-11-7-17(8-12-22)16(2)3/h6-8,10-12,14-15,19,24H,4-5,9,13H2,1-3H3,(H,23,25);6-8,10-12,15-16,20,23-24H,4-5,9,13-14H2,1-3H3/t;20-/m.1/s1. The number of hydrogen-bond acceptors (Lipinski definition) is 6. The van der Waals surface area contributed by atoms with Crippen molar-refractivity contribution < 1.29 is 21.6 Å². The zero-order chi connectivity index (χ0) is 39.8. The van der Waals surface area contributed by atoms with Crippen LogP contribution in [0.3, 0.4) is 0 Å². The van der Waals surface area contributed by atoms with Crippen molar-refractivity contribution in [2.75, 3.05) is 16.0 Å². The summed E-state index contributed by atoms with van der Waals surface area (Å²) < 4.78 is 56.2. The number of aryl methyl sites for hydroxylation is 2. The molecular formula is C44H58N4O5S2.